The van der Waals surface area contributed by atoms with Crippen LogP contribution in [0.4, 0.5) is 0 Å². The molecule has 86 heavy (non-hydrogen) atoms. The Balaban J connectivity index is 1.75. The number of nitrogens with one attached hydrogen (secondary N) is 10. The second kappa shape index (κ2) is 35.9. The summed E-state index contributed by atoms with van der Waals surface area (Å²) in [6, 6.07) is -4.23. The number of aliphatic imine (C=N–C) groups is 1. The van der Waals surface area contributed by atoms with Crippen molar-refractivity contribution in [1.29, 1.82) is 5.41 Å². The number of amides is 10. The minimum absolute atomic E-state index is 0.00314. The average Bonchev–Trinajstić information content (AvgIpc) is 4.04. The number of piperidine rings is 1. The number of carbonyl (C=O) groups is 11. The summed E-state index contributed by atoms with van der Waals surface area (Å²) >= 11 is 0. The van der Waals surface area contributed by atoms with Crippen LogP contribution in [0.15, 0.2) is 35.3 Å². The zero-order valence-electron chi connectivity index (χ0n) is 49.7. The highest BCUT2D eigenvalue weighted by molar-refractivity contribution is 8.76. The van der Waals surface area contributed by atoms with Gasteiger partial charge in [-0.3, -0.25) is 58.3 Å². The van der Waals surface area contributed by atoms with E-state index >= 15 is 0 Å². The Morgan fingerprint density at radius 3 is 1.83 bits per heavy atom. The summed E-state index contributed by atoms with van der Waals surface area (Å²) in [4.78, 5) is 159. The molecule has 0 bridgehead atoms. The molecule has 3 fully saturated rings. The van der Waals surface area contributed by atoms with E-state index in [2.05, 4.69) is 52.8 Å². The lowest BCUT2D eigenvalue weighted by Gasteiger charge is -2.34. The third-order valence-corrected chi connectivity index (χ3v) is 17.2. The lowest BCUT2D eigenvalue weighted by molar-refractivity contribution is -0.141. The van der Waals surface area contributed by atoms with Gasteiger partial charge in [0.05, 0.1) is 6.04 Å². The van der Waals surface area contributed by atoms with Gasteiger partial charge in [0.1, 0.15) is 54.4 Å². The molecule has 4 rings (SSSR count). The SMILES string of the molecule is CC(=O)NCCCC[C@@H]1NC(=O)[C@H](CC(C)C)NC(=O)[C@H](C)NC(=O)[C@H](CC2CCN(C(=N)N)CC2)NC(=O)[C@H](Cc2ccccc2)NC(=O)[C@H](CCCN=C(N)N)NC(=O)[C@H](C)NC(=O)[C@@H]2CCCN2C(=O)[C@@H](N)CSSC[C@H](C(=O)O)NC1=O. The van der Waals surface area contributed by atoms with Crippen LogP contribution in [0.5, 0.6) is 0 Å². The number of unbranched alkanes of at least 4 members (excludes halogenated alkanes) is 1. The molecule has 478 valence electrons. The predicted octanol–water partition coefficient (Wildman–Crippen LogP) is -2.65. The molecule has 3 aliphatic heterocycles. The maximum Gasteiger partial charge on any atom is 0.327 e. The zero-order valence-corrected chi connectivity index (χ0v) is 51.3. The topological polar surface area (TPSA) is 463 Å². The average molecular weight is 1240 g/mol. The lowest BCUT2D eigenvalue weighted by atomic mass is 9.89. The van der Waals surface area contributed by atoms with Crippen LogP contribution < -0.4 is 70.8 Å². The number of carboxylic acids is 1. The van der Waals surface area contributed by atoms with Gasteiger partial charge in [-0.2, -0.15) is 0 Å². The molecule has 3 heterocycles. The van der Waals surface area contributed by atoms with Gasteiger partial charge in [-0.25, -0.2) is 4.79 Å². The summed E-state index contributed by atoms with van der Waals surface area (Å²) in [6.45, 7) is 8.97. The summed E-state index contributed by atoms with van der Waals surface area (Å²) in [5.74, 6) is -9.53. The van der Waals surface area contributed by atoms with Gasteiger partial charge >= 0.3 is 5.97 Å². The van der Waals surface area contributed by atoms with E-state index in [4.69, 9.17) is 28.3 Å². The first-order valence-corrected chi connectivity index (χ1v) is 31.6. The Labute approximate surface area is 509 Å². The number of guanidine groups is 2. The van der Waals surface area contributed by atoms with Crippen molar-refractivity contribution in [3.63, 3.8) is 0 Å². The molecule has 0 aliphatic carbocycles. The molecule has 19 N–H and O–H groups in total. The van der Waals surface area contributed by atoms with E-state index < -0.39 is 120 Å². The first-order valence-electron chi connectivity index (χ1n) is 29.1. The number of aliphatic carboxylic acids is 1. The summed E-state index contributed by atoms with van der Waals surface area (Å²) < 4.78 is 0. The van der Waals surface area contributed by atoms with Crippen molar-refractivity contribution in [2.45, 2.75) is 172 Å². The standard InChI is InChI=1S/C55H89N17O12S2/c1-30(2)25-39-49(79)66-37(15-9-10-20-61-33(5)73)47(77)70-42(53(83)84)29-86-85-28-36(56)52(82)72-22-12-17-43(72)51(81)64-32(4)44(74)65-38(16-11-21-62-54(57)58)46(76)68-41(26-34-13-7-6-8-14-34)50(80)69-40(48(78)63-31(3)45(75)67-39)27-35-18-23-71(24-19-35)55(59)60/h6-8,13-14,30-32,35-43H,9-12,15-29,56H2,1-5H3,(H3,59,60)(H,61,73)(H,63,78)(H,64,81)(H,65,74)(H,66,79)(H,67,75)(H,68,76)(H,69,80)(H,70,77)(H,83,84)(H4,57,58,62)/t31-,32-,36-,37-,38-,39-,40-,41-,42+,43-/m0/s1. The number of nitrogens with two attached hydrogens (primary N) is 4. The molecular formula is C55H89N17O12S2. The molecule has 10 amide bonds. The first kappa shape index (κ1) is 71.1. The van der Waals surface area contributed by atoms with Crippen LogP contribution in [0.1, 0.15) is 111 Å². The summed E-state index contributed by atoms with van der Waals surface area (Å²) in [6.07, 6.45) is 2.42. The van der Waals surface area contributed by atoms with Crippen molar-refractivity contribution in [1.82, 2.24) is 57.7 Å². The molecule has 1 aromatic carbocycles. The number of hydrogen-bond acceptors (Lipinski definition) is 16. The van der Waals surface area contributed by atoms with E-state index in [1.165, 1.54) is 25.7 Å². The minimum Gasteiger partial charge on any atom is -0.480 e. The molecule has 31 heteroatoms. The fourth-order valence-electron chi connectivity index (χ4n) is 9.95. The fraction of sp³-hybridized carbons (Fsp3) is 0.655. The van der Waals surface area contributed by atoms with Crippen molar-refractivity contribution in [3.8, 4) is 0 Å². The van der Waals surface area contributed by atoms with Gasteiger partial charge in [0.15, 0.2) is 11.9 Å². The normalized spacial score (nSPS) is 26.3. The fourth-order valence-corrected chi connectivity index (χ4v) is 12.2. The van der Waals surface area contributed by atoms with Gasteiger partial charge in [-0.15, -0.1) is 0 Å². The Bertz CT molecular complexity index is 2560. The largest absolute Gasteiger partial charge is 0.480 e. The maximum atomic E-state index is 14.8. The maximum absolute atomic E-state index is 14.8. The molecule has 0 unspecified atom stereocenters. The number of carboxylic acid groups (broad SMARTS) is 1. The zero-order chi connectivity index (χ0) is 63.6. The van der Waals surface area contributed by atoms with Gasteiger partial charge in [-0.05, 0) is 102 Å². The number of benzene rings is 1. The van der Waals surface area contributed by atoms with Crippen LogP contribution in [-0.2, 0) is 59.2 Å². The Morgan fingerprint density at radius 2 is 1.22 bits per heavy atom. The first-order chi connectivity index (χ1) is 40.7. The molecule has 3 aliphatic rings. The summed E-state index contributed by atoms with van der Waals surface area (Å²) in [7, 11) is 2.07. The molecule has 0 radical (unpaired) electrons. The highest BCUT2D eigenvalue weighted by atomic mass is 33.1. The summed E-state index contributed by atoms with van der Waals surface area (Å²) in [5.41, 5.74) is 23.9. The predicted molar refractivity (Wildman–Crippen MR) is 325 cm³/mol. The van der Waals surface area contributed by atoms with Gasteiger partial charge in [0.25, 0.3) is 0 Å². The van der Waals surface area contributed by atoms with Crippen molar-refractivity contribution in [2.24, 2.45) is 39.8 Å². The lowest BCUT2D eigenvalue weighted by Crippen LogP contribution is -2.60. The molecule has 10 atom stereocenters. The molecule has 29 nitrogen and oxygen atoms in total. The van der Waals surface area contributed by atoms with E-state index in [0.717, 1.165) is 21.6 Å². The van der Waals surface area contributed by atoms with Crippen molar-refractivity contribution in [3.05, 3.63) is 35.9 Å². The second-order valence-corrected chi connectivity index (χ2v) is 24.9. The van der Waals surface area contributed by atoms with Gasteiger partial charge in [0, 0.05) is 57.6 Å². The quantitative estimate of drug-likeness (QED) is 0.0348. The highest BCUT2D eigenvalue weighted by Crippen LogP contribution is 2.26. The van der Waals surface area contributed by atoms with E-state index in [1.807, 2.05) is 0 Å². The second-order valence-electron chi connectivity index (χ2n) is 22.3. The molecule has 0 spiro atoms. The smallest absolute Gasteiger partial charge is 0.327 e. The number of fused-ring (bicyclic) bond motifs is 1. The van der Waals surface area contributed by atoms with E-state index in [-0.39, 0.29) is 106 Å². The van der Waals surface area contributed by atoms with Crippen molar-refractivity contribution in [2.75, 3.05) is 44.2 Å². The number of carbonyl (C=O) groups excluding carboxylic acids is 10. The van der Waals surface area contributed by atoms with Crippen LogP contribution in [0.2, 0.25) is 0 Å². The van der Waals surface area contributed by atoms with Gasteiger partial charge in [-0.1, -0.05) is 65.8 Å². The molecule has 0 saturated carbocycles. The third-order valence-electron chi connectivity index (χ3n) is 14.8. The molecule has 3 saturated heterocycles. The van der Waals surface area contributed by atoms with E-state index in [9.17, 15) is 57.8 Å². The van der Waals surface area contributed by atoms with Crippen LogP contribution in [0.3, 0.4) is 0 Å². The number of likely N-dealkylation sites (tertiary alicyclic amines) is 1. The van der Waals surface area contributed by atoms with E-state index in [1.54, 1.807) is 49.1 Å². The Morgan fingerprint density at radius 1 is 0.686 bits per heavy atom. The van der Waals surface area contributed by atoms with Crippen LogP contribution >= 0.6 is 21.6 Å². The molecular weight excluding hydrogens is 1150 g/mol. The Hall–Kier alpha value is -7.41. The number of hydrogen-bond donors (Lipinski definition) is 15. The van der Waals surface area contributed by atoms with Crippen LogP contribution in [0.25, 0.3) is 0 Å². The van der Waals surface area contributed by atoms with Crippen molar-refractivity contribution < 1.29 is 57.8 Å². The summed E-state index contributed by atoms with van der Waals surface area (Å²) in [5, 5.41) is 42.3. The van der Waals surface area contributed by atoms with Gasteiger partial charge in [0.2, 0.25) is 59.1 Å². The monoisotopic (exact) mass is 1240 g/mol. The molecule has 0 aromatic heterocycles. The third kappa shape index (κ3) is 24.2. The van der Waals surface area contributed by atoms with Crippen LogP contribution in [-0.4, -0.2) is 197 Å². The number of nitrogens with zero attached hydrogens (tertiary/aromatic N) is 3. The molecule has 1 aromatic rings. The van der Waals surface area contributed by atoms with Gasteiger partial charge < -0.3 is 85.7 Å². The highest BCUT2D eigenvalue weighted by Gasteiger charge is 2.39. The number of rotatable bonds is 16. The van der Waals surface area contributed by atoms with E-state index in [0.29, 0.717) is 50.8 Å². The van der Waals surface area contributed by atoms with Crippen LogP contribution in [0, 0.1) is 17.2 Å². The minimum atomic E-state index is -1.49. The van der Waals surface area contributed by atoms with Crippen molar-refractivity contribution >= 4 is 98.5 Å². The Kier molecular flexibility index (Phi) is 29.7.